The minimum atomic E-state index is -0.622. The van der Waals surface area contributed by atoms with Gasteiger partial charge in [0.2, 0.25) is 0 Å². The van der Waals surface area contributed by atoms with Gasteiger partial charge >= 0.3 is 0 Å². The van der Waals surface area contributed by atoms with Gasteiger partial charge in [-0.05, 0) is 29.9 Å². The van der Waals surface area contributed by atoms with E-state index in [0.29, 0.717) is 0 Å². The summed E-state index contributed by atoms with van der Waals surface area (Å²) in [5, 5.41) is 9.08. The maximum atomic E-state index is 9.08. The van der Waals surface area contributed by atoms with Crippen molar-refractivity contribution in [3.8, 4) is 0 Å². The van der Waals surface area contributed by atoms with Gasteiger partial charge in [0.1, 0.15) is 0 Å². The van der Waals surface area contributed by atoms with Crippen LogP contribution in [-0.4, -0.2) is 21.7 Å². The summed E-state index contributed by atoms with van der Waals surface area (Å²) in [4.78, 5) is 7.27. The summed E-state index contributed by atoms with van der Waals surface area (Å²) in [5.74, 6) is -0.552. The molecule has 72 valence electrons. The van der Waals surface area contributed by atoms with Gasteiger partial charge < -0.3 is 10.1 Å². The molecule has 1 fully saturated rings. The fraction of sp³-hybridized carbons (Fsp3) is 0.364. The molecule has 1 aromatic heterocycles. The molecule has 14 heavy (non-hydrogen) atoms. The number of H-pyrrole nitrogens is 1. The van der Waals surface area contributed by atoms with Gasteiger partial charge in [-0.25, -0.2) is 4.98 Å². The van der Waals surface area contributed by atoms with E-state index >= 15 is 0 Å². The molecule has 1 aliphatic rings. The highest BCUT2D eigenvalue weighted by molar-refractivity contribution is 5.79. The molecule has 0 bridgehead atoms. The largest absolute Gasteiger partial charge is 0.396 e. The van der Waals surface area contributed by atoms with E-state index in [1.165, 1.54) is 0 Å². The van der Waals surface area contributed by atoms with Crippen molar-refractivity contribution in [3.05, 3.63) is 30.1 Å². The number of aromatic amines is 1. The lowest BCUT2D eigenvalue weighted by Crippen LogP contribution is -1.89. The second-order valence-corrected chi connectivity index (χ2v) is 3.71. The number of benzene rings is 1. The molecule has 1 aliphatic carbocycles. The zero-order valence-corrected chi connectivity index (χ0v) is 7.70. The first kappa shape index (κ1) is 7.01. The molecule has 1 aromatic carbocycles. The van der Waals surface area contributed by atoms with E-state index in [-0.39, 0.29) is 12.5 Å². The van der Waals surface area contributed by atoms with Crippen molar-refractivity contribution in [3.63, 3.8) is 0 Å². The standard InChI is InChI=1S/C11H12N2O/c14-5-7-4-9(7)8-2-1-3-10-11(8)13-6-12-10/h1-3,6-7,9,14H,4-5H2,(H,12,13)/i9D. The van der Waals surface area contributed by atoms with Crippen molar-refractivity contribution in [2.45, 2.75) is 12.3 Å². The van der Waals surface area contributed by atoms with Crippen LogP contribution in [0.4, 0.5) is 0 Å². The second kappa shape index (κ2) is 2.82. The third-order valence-electron chi connectivity index (χ3n) is 2.82. The summed E-state index contributed by atoms with van der Waals surface area (Å²) in [7, 11) is 0. The van der Waals surface area contributed by atoms with Gasteiger partial charge in [0.15, 0.2) is 0 Å². The van der Waals surface area contributed by atoms with Gasteiger partial charge in [0, 0.05) is 7.98 Å². The summed E-state index contributed by atoms with van der Waals surface area (Å²) < 4.78 is 8.25. The number of nitrogens with one attached hydrogen (secondary N) is 1. The van der Waals surface area contributed by atoms with Crippen molar-refractivity contribution in [2.75, 3.05) is 6.61 Å². The maximum absolute atomic E-state index is 9.08. The average molecular weight is 189 g/mol. The predicted molar refractivity (Wildman–Crippen MR) is 54.0 cm³/mol. The van der Waals surface area contributed by atoms with E-state index in [0.717, 1.165) is 23.0 Å². The molecular weight excluding hydrogens is 176 g/mol. The number of hydrogen-bond acceptors (Lipinski definition) is 2. The Bertz CT molecular complexity index is 510. The zero-order valence-electron chi connectivity index (χ0n) is 8.70. The van der Waals surface area contributed by atoms with Gasteiger partial charge in [0.25, 0.3) is 0 Å². The van der Waals surface area contributed by atoms with Crippen LogP contribution < -0.4 is 0 Å². The van der Waals surface area contributed by atoms with Gasteiger partial charge in [-0.3, -0.25) is 0 Å². The van der Waals surface area contributed by atoms with Gasteiger partial charge in [-0.2, -0.15) is 0 Å². The van der Waals surface area contributed by atoms with Crippen molar-refractivity contribution in [1.29, 1.82) is 0 Å². The Morgan fingerprint density at radius 3 is 3.36 bits per heavy atom. The van der Waals surface area contributed by atoms with Crippen molar-refractivity contribution in [2.24, 2.45) is 5.92 Å². The smallest absolute Gasteiger partial charge is 0.0931 e. The molecule has 3 rings (SSSR count). The lowest BCUT2D eigenvalue weighted by molar-refractivity contribution is 0.274. The van der Waals surface area contributed by atoms with Gasteiger partial charge in [-0.1, -0.05) is 12.1 Å². The zero-order chi connectivity index (χ0) is 10.5. The molecule has 2 aromatic rings. The quantitative estimate of drug-likeness (QED) is 0.754. The summed E-state index contributed by atoms with van der Waals surface area (Å²) in [6.45, 7) is 0.0876. The number of aromatic nitrogens is 2. The molecule has 2 atom stereocenters. The lowest BCUT2D eigenvalue weighted by Gasteiger charge is -1.99. The topological polar surface area (TPSA) is 48.9 Å². The molecular formula is C11H12N2O. The maximum Gasteiger partial charge on any atom is 0.0931 e. The van der Waals surface area contributed by atoms with Gasteiger partial charge in [-0.15, -0.1) is 0 Å². The van der Waals surface area contributed by atoms with E-state index in [2.05, 4.69) is 9.97 Å². The number of imidazole rings is 1. The Morgan fingerprint density at radius 1 is 1.64 bits per heavy atom. The Labute approximate surface area is 83.2 Å². The molecule has 1 saturated carbocycles. The summed E-state index contributed by atoms with van der Waals surface area (Å²) >= 11 is 0. The predicted octanol–water partition coefficient (Wildman–Crippen LogP) is 1.66. The minimum absolute atomic E-state index is 0.0693. The van der Waals surface area contributed by atoms with Crippen LogP contribution in [0.25, 0.3) is 11.0 Å². The Balaban J connectivity index is 2.16. The molecule has 0 aliphatic heterocycles. The van der Waals surface area contributed by atoms with Crippen LogP contribution in [0.3, 0.4) is 0 Å². The van der Waals surface area contributed by atoms with Crippen molar-refractivity contribution >= 4 is 11.0 Å². The van der Waals surface area contributed by atoms with E-state index in [1.54, 1.807) is 6.33 Å². The number of hydrogen-bond donors (Lipinski definition) is 2. The molecule has 0 amide bonds. The molecule has 3 heteroatoms. The highest BCUT2D eigenvalue weighted by Gasteiger charge is 2.38. The fourth-order valence-corrected chi connectivity index (χ4v) is 1.94. The SMILES string of the molecule is [2H]C1(c2cccc3[nH]cnc23)CC1CO. The summed E-state index contributed by atoms with van der Waals surface area (Å²) in [6.07, 6.45) is 2.38. The van der Waals surface area contributed by atoms with Crippen LogP contribution in [0.5, 0.6) is 0 Å². The lowest BCUT2D eigenvalue weighted by atomic mass is 10.1. The number of aliphatic hydroxyl groups is 1. The Morgan fingerprint density at radius 2 is 2.57 bits per heavy atom. The highest BCUT2D eigenvalue weighted by atomic mass is 16.3. The second-order valence-electron chi connectivity index (χ2n) is 3.71. The molecule has 3 nitrogen and oxygen atoms in total. The number of nitrogens with zero attached hydrogens (tertiary/aromatic N) is 1. The Hall–Kier alpha value is -1.35. The molecule has 2 N–H and O–H groups in total. The summed E-state index contributed by atoms with van der Waals surface area (Å²) in [6, 6.07) is 5.82. The first-order chi connectivity index (χ1) is 7.25. The third-order valence-corrected chi connectivity index (χ3v) is 2.82. The molecule has 2 unspecified atom stereocenters. The monoisotopic (exact) mass is 189 g/mol. The summed E-state index contributed by atoms with van der Waals surface area (Å²) in [5.41, 5.74) is 2.76. The van der Waals surface area contributed by atoms with E-state index in [1.807, 2.05) is 18.2 Å². The van der Waals surface area contributed by atoms with Crippen LogP contribution >= 0.6 is 0 Å². The number of fused-ring (bicyclic) bond motifs is 1. The third kappa shape index (κ3) is 1.06. The van der Waals surface area contributed by atoms with Gasteiger partial charge in [0.05, 0.1) is 17.4 Å². The normalized spacial score (nSPS) is 31.8. The first-order valence-electron chi connectivity index (χ1n) is 5.29. The van der Waals surface area contributed by atoms with Crippen LogP contribution in [0.2, 0.25) is 0 Å². The highest BCUT2D eigenvalue weighted by Crippen LogP contribution is 2.48. The first-order valence-corrected chi connectivity index (χ1v) is 4.79. The Kier molecular flexibility index (Phi) is 1.41. The van der Waals surface area contributed by atoms with E-state index < -0.39 is 5.89 Å². The number of aliphatic hydroxyl groups excluding tert-OH is 1. The molecule has 0 saturated heterocycles. The molecule has 0 radical (unpaired) electrons. The van der Waals surface area contributed by atoms with Crippen LogP contribution in [-0.2, 0) is 0 Å². The number of para-hydroxylation sites is 1. The number of rotatable bonds is 2. The van der Waals surface area contributed by atoms with E-state index in [9.17, 15) is 0 Å². The molecule has 0 spiro atoms. The van der Waals surface area contributed by atoms with Crippen molar-refractivity contribution in [1.82, 2.24) is 9.97 Å². The van der Waals surface area contributed by atoms with Crippen LogP contribution in [0.15, 0.2) is 24.5 Å². The molecule has 1 heterocycles. The fourth-order valence-electron chi connectivity index (χ4n) is 1.94. The van der Waals surface area contributed by atoms with Crippen LogP contribution in [0, 0.1) is 5.92 Å². The minimum Gasteiger partial charge on any atom is -0.396 e. The van der Waals surface area contributed by atoms with Crippen molar-refractivity contribution < 1.29 is 6.48 Å². The van der Waals surface area contributed by atoms with Crippen LogP contribution in [0.1, 0.15) is 19.2 Å². The van der Waals surface area contributed by atoms with E-state index in [4.69, 9.17) is 6.48 Å². The average Bonchev–Trinajstić information content (AvgIpc) is 2.73.